The molecule has 0 aliphatic carbocycles. The van der Waals surface area contributed by atoms with Gasteiger partial charge < -0.3 is 20.1 Å². The molecule has 9 nitrogen and oxygen atoms in total. The zero-order valence-corrected chi connectivity index (χ0v) is 20.4. The van der Waals surface area contributed by atoms with Crippen LogP contribution in [-0.2, 0) is 20.9 Å². The predicted octanol–water partition coefficient (Wildman–Crippen LogP) is 3.24. The fraction of sp³-hybridized carbons (Fsp3) is 0.120. The SMILES string of the molecule is COc1ccc(CNC(=O)C(=O)N/N=C\c2ccc(OCC(=O)Nc3ccc(Br)cc3)cc2)cc1. The van der Waals surface area contributed by atoms with Crippen LogP contribution < -0.4 is 25.5 Å². The maximum atomic E-state index is 12.0. The van der Waals surface area contributed by atoms with Gasteiger partial charge in [-0.2, -0.15) is 5.10 Å². The number of ether oxygens (including phenoxy) is 2. The Labute approximate surface area is 210 Å². The van der Waals surface area contributed by atoms with Crippen LogP contribution in [0.4, 0.5) is 5.69 Å². The molecule has 0 spiro atoms. The Kier molecular flexibility index (Phi) is 9.38. The van der Waals surface area contributed by atoms with E-state index in [0.29, 0.717) is 22.7 Å². The molecule has 0 saturated carbocycles. The summed E-state index contributed by atoms with van der Waals surface area (Å²) < 4.78 is 11.5. The second-order valence-corrected chi connectivity index (χ2v) is 8.06. The van der Waals surface area contributed by atoms with Gasteiger partial charge in [0.25, 0.3) is 5.91 Å². The van der Waals surface area contributed by atoms with Crippen molar-refractivity contribution in [3.05, 3.63) is 88.4 Å². The standard InChI is InChI=1S/C25H23BrN4O5/c1-34-21-10-2-17(3-11-21)14-27-24(32)25(33)30-28-15-18-4-12-22(13-5-18)35-16-23(31)29-20-8-6-19(26)7-9-20/h2-13,15H,14,16H2,1H3,(H,27,32)(H,29,31)(H,30,33)/b28-15-. The third kappa shape index (κ3) is 8.59. The summed E-state index contributed by atoms with van der Waals surface area (Å²) in [5.41, 5.74) is 4.33. The summed E-state index contributed by atoms with van der Waals surface area (Å²) in [5.74, 6) is -0.774. The quantitative estimate of drug-likeness (QED) is 0.219. The van der Waals surface area contributed by atoms with Gasteiger partial charge >= 0.3 is 11.8 Å². The molecular formula is C25H23BrN4O5. The van der Waals surface area contributed by atoms with Crippen LogP contribution in [0.25, 0.3) is 0 Å². The Balaban J connectivity index is 1.38. The smallest absolute Gasteiger partial charge is 0.329 e. The molecule has 0 saturated heterocycles. The van der Waals surface area contributed by atoms with Gasteiger partial charge in [-0.15, -0.1) is 0 Å². The highest BCUT2D eigenvalue weighted by Crippen LogP contribution is 2.15. The van der Waals surface area contributed by atoms with Crippen molar-refractivity contribution in [3.63, 3.8) is 0 Å². The fourth-order valence-corrected chi connectivity index (χ4v) is 3.02. The maximum Gasteiger partial charge on any atom is 0.329 e. The Morgan fingerprint density at radius 3 is 2.20 bits per heavy atom. The molecule has 0 aromatic heterocycles. The number of carbonyl (C=O) groups is 3. The molecule has 3 aromatic rings. The molecule has 0 aliphatic rings. The van der Waals surface area contributed by atoms with Gasteiger partial charge in [0, 0.05) is 16.7 Å². The van der Waals surface area contributed by atoms with Crippen molar-refractivity contribution in [3.8, 4) is 11.5 Å². The summed E-state index contributed by atoms with van der Waals surface area (Å²) >= 11 is 3.34. The molecule has 180 valence electrons. The lowest BCUT2D eigenvalue weighted by molar-refractivity contribution is -0.139. The van der Waals surface area contributed by atoms with Crippen LogP contribution in [0.3, 0.4) is 0 Å². The van der Waals surface area contributed by atoms with E-state index in [-0.39, 0.29) is 19.1 Å². The van der Waals surface area contributed by atoms with E-state index >= 15 is 0 Å². The van der Waals surface area contributed by atoms with E-state index in [1.807, 2.05) is 12.1 Å². The van der Waals surface area contributed by atoms with E-state index in [1.54, 1.807) is 67.8 Å². The third-order valence-electron chi connectivity index (χ3n) is 4.58. The highest BCUT2D eigenvalue weighted by atomic mass is 79.9. The maximum absolute atomic E-state index is 12.0. The van der Waals surface area contributed by atoms with Gasteiger partial charge in [-0.05, 0) is 71.8 Å². The number of benzene rings is 3. The number of methoxy groups -OCH3 is 1. The average molecular weight is 539 g/mol. The number of halogens is 1. The van der Waals surface area contributed by atoms with E-state index in [1.165, 1.54) is 6.21 Å². The zero-order chi connectivity index (χ0) is 25.0. The largest absolute Gasteiger partial charge is 0.497 e. The Hall–Kier alpha value is -4.18. The van der Waals surface area contributed by atoms with Gasteiger partial charge in [0.05, 0.1) is 13.3 Å². The molecule has 0 bridgehead atoms. The summed E-state index contributed by atoms with van der Waals surface area (Å²) in [6.07, 6.45) is 1.39. The molecule has 3 N–H and O–H groups in total. The van der Waals surface area contributed by atoms with Crippen molar-refractivity contribution < 1.29 is 23.9 Å². The molecule has 0 fully saturated rings. The van der Waals surface area contributed by atoms with E-state index < -0.39 is 11.8 Å². The average Bonchev–Trinajstić information content (AvgIpc) is 2.88. The van der Waals surface area contributed by atoms with Crippen molar-refractivity contribution in [1.29, 1.82) is 0 Å². The fourth-order valence-electron chi connectivity index (χ4n) is 2.75. The van der Waals surface area contributed by atoms with Crippen LogP contribution >= 0.6 is 15.9 Å². The van der Waals surface area contributed by atoms with Crippen molar-refractivity contribution in [1.82, 2.24) is 10.7 Å². The van der Waals surface area contributed by atoms with Gasteiger partial charge in [-0.3, -0.25) is 14.4 Å². The number of hydrogen-bond donors (Lipinski definition) is 3. The monoisotopic (exact) mass is 538 g/mol. The van der Waals surface area contributed by atoms with E-state index in [9.17, 15) is 14.4 Å². The predicted molar refractivity (Wildman–Crippen MR) is 135 cm³/mol. The first-order valence-electron chi connectivity index (χ1n) is 10.5. The number of rotatable bonds is 9. The molecule has 0 radical (unpaired) electrons. The van der Waals surface area contributed by atoms with Crippen LogP contribution in [0.15, 0.2) is 82.4 Å². The van der Waals surface area contributed by atoms with Crippen LogP contribution in [-0.4, -0.2) is 37.7 Å². The van der Waals surface area contributed by atoms with E-state index in [2.05, 4.69) is 37.1 Å². The molecule has 10 heteroatoms. The minimum absolute atomic E-state index is 0.148. The topological polar surface area (TPSA) is 118 Å². The van der Waals surface area contributed by atoms with Gasteiger partial charge in [-0.1, -0.05) is 28.1 Å². The van der Waals surface area contributed by atoms with Crippen LogP contribution in [0.2, 0.25) is 0 Å². The van der Waals surface area contributed by atoms with Gasteiger partial charge in [-0.25, -0.2) is 5.43 Å². The zero-order valence-electron chi connectivity index (χ0n) is 18.8. The molecular weight excluding hydrogens is 516 g/mol. The Morgan fingerprint density at radius 2 is 1.54 bits per heavy atom. The minimum Gasteiger partial charge on any atom is -0.497 e. The lowest BCUT2D eigenvalue weighted by atomic mass is 10.2. The summed E-state index contributed by atoms with van der Waals surface area (Å²) in [7, 11) is 1.57. The Morgan fingerprint density at radius 1 is 0.886 bits per heavy atom. The molecule has 0 heterocycles. The lowest BCUT2D eigenvalue weighted by Crippen LogP contribution is -2.37. The summed E-state index contributed by atoms with van der Waals surface area (Å²) in [6.45, 7) is 0.0494. The normalized spacial score (nSPS) is 10.5. The van der Waals surface area contributed by atoms with E-state index in [4.69, 9.17) is 9.47 Å². The molecule has 35 heavy (non-hydrogen) atoms. The Bertz CT molecular complexity index is 1180. The number of hydrazone groups is 1. The molecule has 0 unspecified atom stereocenters. The van der Waals surface area contributed by atoms with Gasteiger partial charge in [0.15, 0.2) is 6.61 Å². The lowest BCUT2D eigenvalue weighted by Gasteiger charge is -2.08. The molecule has 3 amide bonds. The van der Waals surface area contributed by atoms with Gasteiger partial charge in [0.1, 0.15) is 11.5 Å². The highest BCUT2D eigenvalue weighted by Gasteiger charge is 2.12. The number of anilines is 1. The molecule has 3 rings (SSSR count). The molecule has 3 aromatic carbocycles. The van der Waals surface area contributed by atoms with Crippen LogP contribution in [0.1, 0.15) is 11.1 Å². The third-order valence-corrected chi connectivity index (χ3v) is 5.10. The minimum atomic E-state index is -0.883. The van der Waals surface area contributed by atoms with Crippen LogP contribution in [0.5, 0.6) is 11.5 Å². The second kappa shape index (κ2) is 12.9. The van der Waals surface area contributed by atoms with Crippen molar-refractivity contribution in [2.45, 2.75) is 6.54 Å². The van der Waals surface area contributed by atoms with Gasteiger partial charge in [0.2, 0.25) is 0 Å². The highest BCUT2D eigenvalue weighted by molar-refractivity contribution is 9.10. The van der Waals surface area contributed by atoms with E-state index in [0.717, 1.165) is 10.0 Å². The number of carbonyl (C=O) groups excluding carboxylic acids is 3. The first kappa shape index (κ1) is 25.4. The first-order chi connectivity index (χ1) is 16.9. The number of nitrogens with zero attached hydrogens (tertiary/aromatic N) is 1. The number of amides is 3. The first-order valence-corrected chi connectivity index (χ1v) is 11.2. The van der Waals surface area contributed by atoms with Crippen LogP contribution in [0, 0.1) is 0 Å². The molecule has 0 atom stereocenters. The number of hydrogen-bond acceptors (Lipinski definition) is 6. The summed E-state index contributed by atoms with van der Waals surface area (Å²) in [5, 5.41) is 9.04. The van der Waals surface area contributed by atoms with Crippen molar-refractivity contribution in [2.75, 3.05) is 19.0 Å². The van der Waals surface area contributed by atoms with Crippen molar-refractivity contribution >= 4 is 45.6 Å². The molecule has 0 aliphatic heterocycles. The summed E-state index contributed by atoms with van der Waals surface area (Å²) in [6, 6.07) is 21.0. The summed E-state index contributed by atoms with van der Waals surface area (Å²) in [4.78, 5) is 35.8. The van der Waals surface area contributed by atoms with Crippen molar-refractivity contribution in [2.24, 2.45) is 5.10 Å². The second-order valence-electron chi connectivity index (χ2n) is 7.14. The number of nitrogens with one attached hydrogen (secondary N) is 3.